The lowest BCUT2D eigenvalue weighted by atomic mass is 9.34. The molecule has 35 heavy (non-hydrogen) atoms. The third-order valence-corrected chi connectivity index (χ3v) is 8.98. The Morgan fingerprint density at radius 2 is 1.51 bits per heavy atom. The molecule has 8 rings (SSSR count). The summed E-state index contributed by atoms with van der Waals surface area (Å²) in [5.74, 6) is 0. The van der Waals surface area contributed by atoms with Crippen molar-refractivity contribution in [2.24, 2.45) is 0 Å². The molecule has 0 amide bonds. The number of hydrogen-bond acceptors (Lipinski definition) is 1. The van der Waals surface area contributed by atoms with Gasteiger partial charge in [0, 0.05) is 27.0 Å². The van der Waals surface area contributed by atoms with Gasteiger partial charge in [0.05, 0.1) is 5.69 Å². The van der Waals surface area contributed by atoms with Gasteiger partial charge in [0.15, 0.2) is 0 Å². The van der Waals surface area contributed by atoms with Crippen LogP contribution in [0.15, 0.2) is 124 Å². The van der Waals surface area contributed by atoms with Crippen molar-refractivity contribution in [3.8, 4) is 28.1 Å². The maximum absolute atomic E-state index is 2.57. The highest BCUT2D eigenvalue weighted by Gasteiger charge is 2.40. The van der Waals surface area contributed by atoms with Gasteiger partial charge >= 0.3 is 0 Å². The highest BCUT2D eigenvalue weighted by molar-refractivity contribution is 8.03. The van der Waals surface area contributed by atoms with Crippen molar-refractivity contribution in [3.63, 3.8) is 0 Å². The van der Waals surface area contributed by atoms with Crippen molar-refractivity contribution >= 4 is 40.3 Å². The first-order chi connectivity index (χ1) is 17.4. The molecule has 0 atom stereocenters. The molecule has 164 valence electrons. The smallest absolute Gasteiger partial charge is 0.249 e. The lowest BCUT2D eigenvalue weighted by Crippen LogP contribution is -2.52. The van der Waals surface area contributed by atoms with Crippen LogP contribution in [0.5, 0.6) is 0 Å². The monoisotopic (exact) mass is 463 g/mol. The Balaban J connectivity index is 1.58. The number of hydrogen-bond donors (Lipinski definition) is 0. The van der Waals surface area contributed by atoms with Gasteiger partial charge in [-0.15, -0.1) is 0 Å². The molecule has 0 saturated heterocycles. The molecule has 0 fully saturated rings. The standard InChI is InChI=1S/C32H22BNS/c1-3-11-21(12-4-1)29-23-15-9-17-25-32(23)34(31(29)22-13-5-2-6-14-22)26-18-10-20-28-30(26)33(25)24-16-7-8-19-27(24)35-28/h1-7,9-18,20H,8,19H2. The maximum atomic E-state index is 2.57. The summed E-state index contributed by atoms with van der Waals surface area (Å²) in [5.41, 5.74) is 12.2. The average molecular weight is 463 g/mol. The van der Waals surface area contributed by atoms with Crippen LogP contribution in [0.1, 0.15) is 12.8 Å². The summed E-state index contributed by atoms with van der Waals surface area (Å²) >= 11 is 1.99. The fraction of sp³-hybridized carbons (Fsp3) is 0.0625. The minimum atomic E-state index is 0.298. The molecule has 0 saturated carbocycles. The van der Waals surface area contributed by atoms with E-state index in [4.69, 9.17) is 0 Å². The first-order valence-corrected chi connectivity index (χ1v) is 13.2. The molecule has 0 radical (unpaired) electrons. The average Bonchev–Trinajstić information content (AvgIpc) is 3.28. The summed E-state index contributed by atoms with van der Waals surface area (Å²) in [6, 6.07) is 35.7. The highest BCUT2D eigenvalue weighted by Crippen LogP contribution is 2.47. The van der Waals surface area contributed by atoms with Crippen LogP contribution in [-0.4, -0.2) is 11.3 Å². The molecule has 2 aliphatic heterocycles. The molecule has 3 heteroatoms. The van der Waals surface area contributed by atoms with E-state index in [0.29, 0.717) is 6.71 Å². The molecule has 5 aromatic rings. The zero-order chi connectivity index (χ0) is 22.9. The Bertz CT molecular complexity index is 1710. The van der Waals surface area contributed by atoms with E-state index < -0.39 is 0 Å². The number of rotatable bonds is 2. The van der Waals surface area contributed by atoms with E-state index >= 15 is 0 Å². The third kappa shape index (κ3) is 2.68. The van der Waals surface area contributed by atoms with E-state index in [1.165, 1.54) is 60.3 Å². The lowest BCUT2D eigenvalue weighted by Gasteiger charge is -2.35. The lowest BCUT2D eigenvalue weighted by molar-refractivity contribution is 1.01. The number of fused-ring (bicyclic) bond motifs is 3. The second-order valence-electron chi connectivity index (χ2n) is 9.58. The Hall–Kier alpha value is -3.69. The van der Waals surface area contributed by atoms with Crippen LogP contribution in [0.25, 0.3) is 39.0 Å². The number of thioether (sulfide) groups is 1. The van der Waals surface area contributed by atoms with Crippen LogP contribution in [-0.2, 0) is 0 Å². The number of para-hydroxylation sites is 1. The Kier molecular flexibility index (Phi) is 4.15. The summed E-state index contributed by atoms with van der Waals surface area (Å²) in [7, 11) is 0. The maximum Gasteiger partial charge on any atom is 0.249 e. The van der Waals surface area contributed by atoms with Gasteiger partial charge in [-0.05, 0) is 51.9 Å². The number of benzene rings is 4. The number of aromatic nitrogens is 1. The van der Waals surface area contributed by atoms with Gasteiger partial charge in [-0.3, -0.25) is 0 Å². The van der Waals surface area contributed by atoms with Crippen LogP contribution < -0.4 is 10.9 Å². The molecule has 1 aromatic heterocycles. The van der Waals surface area contributed by atoms with Crippen molar-refractivity contribution in [1.29, 1.82) is 0 Å². The fourth-order valence-electron chi connectivity index (χ4n) is 6.35. The molecule has 4 aromatic carbocycles. The van der Waals surface area contributed by atoms with Gasteiger partial charge in [-0.1, -0.05) is 114 Å². The van der Waals surface area contributed by atoms with E-state index in [1.807, 2.05) is 11.8 Å². The molecular weight excluding hydrogens is 441 g/mol. The second-order valence-corrected chi connectivity index (χ2v) is 10.7. The molecule has 0 N–H and O–H groups in total. The van der Waals surface area contributed by atoms with Gasteiger partial charge in [0.25, 0.3) is 0 Å². The molecule has 1 nitrogen and oxygen atoms in total. The van der Waals surface area contributed by atoms with Gasteiger partial charge in [-0.2, -0.15) is 0 Å². The quantitative estimate of drug-likeness (QED) is 0.252. The highest BCUT2D eigenvalue weighted by atomic mass is 32.2. The fourth-order valence-corrected chi connectivity index (χ4v) is 7.62. The van der Waals surface area contributed by atoms with Crippen LogP contribution in [0.2, 0.25) is 0 Å². The molecule has 1 aliphatic carbocycles. The minimum absolute atomic E-state index is 0.298. The van der Waals surface area contributed by atoms with Gasteiger partial charge < -0.3 is 4.57 Å². The Morgan fingerprint density at radius 3 is 2.34 bits per heavy atom. The second kappa shape index (κ2) is 7.40. The SMILES string of the molecule is C1=CC2=C(CC1)Sc1cccc3c1B2c1cccc2c(-c4ccccc4)c(-c4ccccc4)n-3c12. The first-order valence-electron chi connectivity index (χ1n) is 12.4. The number of allylic oxidation sites excluding steroid dienone is 4. The van der Waals surface area contributed by atoms with E-state index in [9.17, 15) is 0 Å². The normalized spacial score (nSPS) is 15.4. The molecule has 0 unspecified atom stereocenters. The predicted octanol–water partition coefficient (Wildman–Crippen LogP) is 7.14. The van der Waals surface area contributed by atoms with Crippen molar-refractivity contribution in [2.45, 2.75) is 17.7 Å². The van der Waals surface area contributed by atoms with Crippen molar-refractivity contribution in [1.82, 2.24) is 4.57 Å². The number of nitrogens with zero attached hydrogens (tertiary/aromatic N) is 1. The van der Waals surface area contributed by atoms with Gasteiger partial charge in [-0.25, -0.2) is 0 Å². The van der Waals surface area contributed by atoms with Crippen LogP contribution in [0.3, 0.4) is 0 Å². The van der Waals surface area contributed by atoms with E-state index in [0.717, 1.165) is 12.8 Å². The van der Waals surface area contributed by atoms with Gasteiger partial charge in [0.1, 0.15) is 0 Å². The van der Waals surface area contributed by atoms with Crippen molar-refractivity contribution in [3.05, 3.63) is 120 Å². The van der Waals surface area contributed by atoms with Crippen LogP contribution >= 0.6 is 11.8 Å². The molecule has 3 heterocycles. The van der Waals surface area contributed by atoms with E-state index in [1.54, 1.807) is 4.91 Å². The Labute approximate surface area is 209 Å². The molecule has 0 bridgehead atoms. The summed E-state index contributed by atoms with van der Waals surface area (Å²) in [5, 5.41) is 1.34. The van der Waals surface area contributed by atoms with E-state index in [2.05, 4.69) is 114 Å². The van der Waals surface area contributed by atoms with Crippen LogP contribution in [0.4, 0.5) is 0 Å². The zero-order valence-electron chi connectivity index (χ0n) is 19.2. The largest absolute Gasteiger partial charge is 0.310 e. The summed E-state index contributed by atoms with van der Waals surface area (Å²) in [4.78, 5) is 2.96. The van der Waals surface area contributed by atoms with Crippen molar-refractivity contribution in [2.75, 3.05) is 0 Å². The zero-order valence-corrected chi connectivity index (χ0v) is 20.1. The summed E-state index contributed by atoms with van der Waals surface area (Å²) < 4.78 is 2.57. The Morgan fingerprint density at radius 1 is 0.743 bits per heavy atom. The van der Waals surface area contributed by atoms with Crippen LogP contribution in [0, 0.1) is 0 Å². The van der Waals surface area contributed by atoms with Crippen molar-refractivity contribution < 1.29 is 0 Å². The summed E-state index contributed by atoms with van der Waals surface area (Å²) in [6.07, 6.45) is 7.07. The summed E-state index contributed by atoms with van der Waals surface area (Å²) in [6.45, 7) is 0.298. The molecule has 0 spiro atoms. The molecule has 3 aliphatic rings. The minimum Gasteiger partial charge on any atom is -0.310 e. The molecular formula is C32H22BNS. The third-order valence-electron chi connectivity index (χ3n) is 7.72. The topological polar surface area (TPSA) is 4.93 Å². The van der Waals surface area contributed by atoms with Gasteiger partial charge in [0.2, 0.25) is 6.71 Å². The first kappa shape index (κ1) is 19.6. The predicted molar refractivity (Wildman–Crippen MR) is 150 cm³/mol. The van der Waals surface area contributed by atoms with E-state index in [-0.39, 0.29) is 0 Å².